The molecule has 1 amide bonds. The van der Waals surface area contributed by atoms with Crippen LogP contribution in [0.15, 0.2) is 24.3 Å². The molecule has 3 heteroatoms. The fourth-order valence-corrected chi connectivity index (χ4v) is 1.90. The van der Waals surface area contributed by atoms with Crippen molar-refractivity contribution in [3.63, 3.8) is 0 Å². The molecule has 0 radical (unpaired) electrons. The van der Waals surface area contributed by atoms with Gasteiger partial charge >= 0.3 is 0 Å². The number of amides is 1. The van der Waals surface area contributed by atoms with E-state index in [0.29, 0.717) is 13.0 Å². The predicted octanol–water partition coefficient (Wildman–Crippen LogP) is 2.47. The molecule has 1 aromatic carbocycles. The minimum absolute atomic E-state index is 0.0240. The van der Waals surface area contributed by atoms with Crippen molar-refractivity contribution in [2.24, 2.45) is 5.73 Å². The Morgan fingerprint density at radius 2 is 2.11 bits per heavy atom. The summed E-state index contributed by atoms with van der Waals surface area (Å²) < 4.78 is 0. The summed E-state index contributed by atoms with van der Waals surface area (Å²) in [7, 11) is 0. The van der Waals surface area contributed by atoms with Gasteiger partial charge < -0.3 is 10.6 Å². The van der Waals surface area contributed by atoms with Crippen molar-refractivity contribution in [3.05, 3.63) is 35.4 Å². The Kier molecular flexibility index (Phi) is 5.86. The zero-order chi connectivity index (χ0) is 13.5. The van der Waals surface area contributed by atoms with E-state index < -0.39 is 0 Å². The number of nitrogens with zero attached hydrogens (tertiary/aromatic N) is 1. The molecular weight excluding hydrogens is 224 g/mol. The first-order valence-corrected chi connectivity index (χ1v) is 6.65. The van der Waals surface area contributed by atoms with Crippen LogP contribution in [-0.2, 0) is 11.3 Å². The molecule has 1 atom stereocenters. The predicted molar refractivity (Wildman–Crippen MR) is 75.2 cm³/mol. The van der Waals surface area contributed by atoms with Crippen LogP contribution in [0, 0.1) is 6.92 Å². The first-order valence-electron chi connectivity index (χ1n) is 6.65. The third-order valence-electron chi connectivity index (χ3n) is 3.15. The van der Waals surface area contributed by atoms with Gasteiger partial charge in [0.2, 0.25) is 5.91 Å². The van der Waals surface area contributed by atoms with Gasteiger partial charge in [-0.1, -0.05) is 36.8 Å². The highest BCUT2D eigenvalue weighted by Crippen LogP contribution is 2.09. The van der Waals surface area contributed by atoms with E-state index in [1.807, 2.05) is 24.8 Å². The molecule has 0 heterocycles. The summed E-state index contributed by atoms with van der Waals surface area (Å²) in [4.78, 5) is 13.9. The second-order valence-corrected chi connectivity index (χ2v) is 4.77. The van der Waals surface area contributed by atoms with Crippen LogP contribution in [0.5, 0.6) is 0 Å². The molecule has 0 saturated carbocycles. The van der Waals surface area contributed by atoms with E-state index in [2.05, 4.69) is 25.1 Å². The zero-order valence-corrected chi connectivity index (χ0v) is 11.6. The molecule has 0 bridgehead atoms. The summed E-state index contributed by atoms with van der Waals surface area (Å²) in [5, 5.41) is 0. The Bertz CT molecular complexity index is 390. The summed E-state index contributed by atoms with van der Waals surface area (Å²) in [5.41, 5.74) is 8.24. The van der Waals surface area contributed by atoms with E-state index in [9.17, 15) is 4.79 Å². The molecular formula is C15H24N2O. The summed E-state index contributed by atoms with van der Waals surface area (Å²) >= 11 is 0. The number of hydrogen-bond donors (Lipinski definition) is 1. The van der Waals surface area contributed by atoms with E-state index in [4.69, 9.17) is 5.73 Å². The van der Waals surface area contributed by atoms with E-state index in [1.165, 1.54) is 11.1 Å². The Morgan fingerprint density at radius 3 is 2.67 bits per heavy atom. The third-order valence-corrected chi connectivity index (χ3v) is 3.15. The molecule has 2 N–H and O–H groups in total. The van der Waals surface area contributed by atoms with Crippen molar-refractivity contribution in [2.75, 3.05) is 6.54 Å². The number of rotatable bonds is 6. The van der Waals surface area contributed by atoms with E-state index >= 15 is 0 Å². The zero-order valence-electron chi connectivity index (χ0n) is 11.6. The minimum Gasteiger partial charge on any atom is -0.339 e. The van der Waals surface area contributed by atoms with Gasteiger partial charge in [-0.2, -0.15) is 0 Å². The van der Waals surface area contributed by atoms with Crippen molar-refractivity contribution in [1.29, 1.82) is 0 Å². The highest BCUT2D eigenvalue weighted by molar-refractivity contribution is 5.76. The average Bonchev–Trinajstić information content (AvgIpc) is 2.35. The molecule has 0 aromatic heterocycles. The summed E-state index contributed by atoms with van der Waals surface area (Å²) in [6.07, 6.45) is 1.28. The molecule has 100 valence electrons. The number of aryl methyl sites for hydroxylation is 1. The van der Waals surface area contributed by atoms with E-state index in [1.54, 1.807) is 0 Å². The maximum Gasteiger partial charge on any atom is 0.224 e. The second-order valence-electron chi connectivity index (χ2n) is 4.77. The normalized spacial score (nSPS) is 12.2. The topological polar surface area (TPSA) is 46.3 Å². The molecule has 0 aliphatic heterocycles. The van der Waals surface area contributed by atoms with Gasteiger partial charge in [0.15, 0.2) is 0 Å². The van der Waals surface area contributed by atoms with Crippen LogP contribution >= 0.6 is 0 Å². The highest BCUT2D eigenvalue weighted by atomic mass is 16.2. The fraction of sp³-hybridized carbons (Fsp3) is 0.533. The van der Waals surface area contributed by atoms with Crippen LogP contribution in [0.2, 0.25) is 0 Å². The molecule has 1 unspecified atom stereocenters. The van der Waals surface area contributed by atoms with Crippen molar-refractivity contribution in [1.82, 2.24) is 4.90 Å². The molecule has 18 heavy (non-hydrogen) atoms. The van der Waals surface area contributed by atoms with Gasteiger partial charge in [0.05, 0.1) is 0 Å². The Balaban J connectivity index is 2.64. The third kappa shape index (κ3) is 4.49. The van der Waals surface area contributed by atoms with E-state index in [0.717, 1.165) is 13.0 Å². The summed E-state index contributed by atoms with van der Waals surface area (Å²) in [5.74, 6) is 0.147. The van der Waals surface area contributed by atoms with E-state index in [-0.39, 0.29) is 11.9 Å². The van der Waals surface area contributed by atoms with Gasteiger partial charge in [-0.3, -0.25) is 4.79 Å². The highest BCUT2D eigenvalue weighted by Gasteiger charge is 2.14. The van der Waals surface area contributed by atoms with Gasteiger partial charge in [-0.15, -0.1) is 0 Å². The molecule has 3 nitrogen and oxygen atoms in total. The van der Waals surface area contributed by atoms with Crippen LogP contribution in [0.3, 0.4) is 0 Å². The summed E-state index contributed by atoms with van der Waals surface area (Å²) in [6.45, 7) is 7.48. The monoisotopic (exact) mass is 248 g/mol. The minimum atomic E-state index is -0.0240. The van der Waals surface area contributed by atoms with Crippen molar-refractivity contribution >= 4 is 5.91 Å². The lowest BCUT2D eigenvalue weighted by Crippen LogP contribution is -2.35. The molecule has 0 fully saturated rings. The van der Waals surface area contributed by atoms with Crippen LogP contribution in [-0.4, -0.2) is 23.4 Å². The van der Waals surface area contributed by atoms with Crippen LogP contribution in [0.25, 0.3) is 0 Å². The Hall–Kier alpha value is -1.35. The number of benzene rings is 1. The lowest BCUT2D eigenvalue weighted by Gasteiger charge is -2.22. The van der Waals surface area contributed by atoms with Gasteiger partial charge in [0.1, 0.15) is 0 Å². The largest absolute Gasteiger partial charge is 0.339 e. The van der Waals surface area contributed by atoms with Gasteiger partial charge in [0.25, 0.3) is 0 Å². The second kappa shape index (κ2) is 7.17. The van der Waals surface area contributed by atoms with Crippen LogP contribution in [0.1, 0.15) is 37.8 Å². The maximum atomic E-state index is 12.1. The lowest BCUT2D eigenvalue weighted by molar-refractivity contribution is -0.132. The van der Waals surface area contributed by atoms with Gasteiger partial charge in [-0.05, 0) is 25.8 Å². The molecule has 0 aliphatic carbocycles. The number of hydrogen-bond acceptors (Lipinski definition) is 2. The number of carbonyl (C=O) groups is 1. The van der Waals surface area contributed by atoms with Gasteiger partial charge in [-0.25, -0.2) is 0 Å². The number of carbonyl (C=O) groups excluding carboxylic acids is 1. The standard InChI is InChI=1S/C15H24N2O/c1-4-14(16)10-15(18)17(5-2)11-13-8-6-7-12(3)9-13/h6-9,14H,4-5,10-11,16H2,1-3H3. The molecule has 1 aromatic rings. The van der Waals surface area contributed by atoms with Crippen molar-refractivity contribution in [2.45, 2.75) is 46.2 Å². The molecule has 0 aliphatic rings. The summed E-state index contributed by atoms with van der Waals surface area (Å²) in [6, 6.07) is 8.25. The van der Waals surface area contributed by atoms with Gasteiger partial charge in [0, 0.05) is 25.6 Å². The molecule has 0 spiro atoms. The smallest absolute Gasteiger partial charge is 0.224 e. The van der Waals surface area contributed by atoms with Crippen molar-refractivity contribution < 1.29 is 4.79 Å². The quantitative estimate of drug-likeness (QED) is 0.840. The van der Waals surface area contributed by atoms with Crippen molar-refractivity contribution in [3.8, 4) is 0 Å². The Labute approximate surface area is 110 Å². The molecule has 0 saturated heterocycles. The SMILES string of the molecule is CCC(N)CC(=O)N(CC)Cc1cccc(C)c1. The first-order chi connectivity index (χ1) is 8.56. The first kappa shape index (κ1) is 14.7. The maximum absolute atomic E-state index is 12.1. The average molecular weight is 248 g/mol. The van der Waals surface area contributed by atoms with Crippen LogP contribution in [0.4, 0.5) is 0 Å². The number of nitrogens with two attached hydrogens (primary N) is 1. The lowest BCUT2D eigenvalue weighted by atomic mass is 10.1. The van der Waals surface area contributed by atoms with Crippen LogP contribution < -0.4 is 5.73 Å². The fourth-order valence-electron chi connectivity index (χ4n) is 1.90. The Morgan fingerprint density at radius 1 is 1.39 bits per heavy atom. The molecule has 1 rings (SSSR count).